The van der Waals surface area contributed by atoms with Gasteiger partial charge in [-0.15, -0.1) is 0 Å². The predicted molar refractivity (Wildman–Crippen MR) is 137 cm³/mol. The number of benzene rings is 2. The molecular formula is C28H33NO11. The smallest absolute Gasteiger partial charge is 0.202 e. The highest BCUT2D eigenvalue weighted by Crippen LogP contribution is 2.56. The van der Waals surface area contributed by atoms with Crippen LogP contribution in [-0.4, -0.2) is 90.6 Å². The molecule has 0 saturated carbocycles. The number of hydrogen-bond acceptors (Lipinski definition) is 12. The average molecular weight is 560 g/mol. The predicted octanol–water partition coefficient (Wildman–Crippen LogP) is 0.661. The number of aromatic hydroxyl groups is 3. The van der Waals surface area contributed by atoms with Crippen LogP contribution in [0.4, 0.5) is 0 Å². The van der Waals surface area contributed by atoms with Crippen LogP contribution in [0.2, 0.25) is 0 Å². The van der Waals surface area contributed by atoms with Crippen LogP contribution in [0.3, 0.4) is 0 Å². The van der Waals surface area contributed by atoms with Gasteiger partial charge in [-0.05, 0) is 19.4 Å². The highest BCUT2D eigenvalue weighted by Gasteiger charge is 2.51. The summed E-state index contributed by atoms with van der Waals surface area (Å²) < 4.78 is 12.0. The van der Waals surface area contributed by atoms with Gasteiger partial charge < -0.3 is 50.5 Å². The van der Waals surface area contributed by atoms with Crippen LogP contribution in [0, 0.1) is 0 Å². The third-order valence-electron chi connectivity index (χ3n) is 8.29. The van der Waals surface area contributed by atoms with Gasteiger partial charge in [0.05, 0.1) is 47.2 Å². The van der Waals surface area contributed by atoms with Gasteiger partial charge in [-0.2, -0.15) is 0 Å². The van der Waals surface area contributed by atoms with Crippen LogP contribution in [0.1, 0.15) is 88.3 Å². The standard InChI is InChI=1S/C28H33NO11/c1-3-28(38)10-15(40-16-9-13(29-7-8-30)22(32)11(2)39-16)18-21(27(28)37)26(36)19-20(25(18)35)24(34)17-12(23(19)33)5-4-6-14(17)31/h4-6,11,13,15-16,22,27,29-32,35-38H,3,7-10H2,1-2H3/t11-,13-,15-,16-,22+,27?,28+/m0/s1. The first-order valence-electron chi connectivity index (χ1n) is 13.2. The number of phenolic OH excluding ortho intramolecular Hbond substituents is 3. The van der Waals surface area contributed by atoms with E-state index in [0.29, 0.717) is 0 Å². The number of carbonyl (C=O) groups is 2. The maximum atomic E-state index is 13.5. The van der Waals surface area contributed by atoms with Crippen LogP contribution < -0.4 is 5.32 Å². The zero-order valence-corrected chi connectivity index (χ0v) is 22.0. The Labute approximate surface area is 229 Å². The minimum Gasteiger partial charge on any atom is -0.507 e. The molecule has 2 aromatic rings. The van der Waals surface area contributed by atoms with Crippen molar-refractivity contribution >= 4 is 11.6 Å². The molecule has 8 N–H and O–H groups in total. The first kappa shape index (κ1) is 28.4. The van der Waals surface area contributed by atoms with Gasteiger partial charge >= 0.3 is 0 Å². The minimum atomic E-state index is -1.85. The van der Waals surface area contributed by atoms with E-state index >= 15 is 0 Å². The van der Waals surface area contributed by atoms with E-state index in [0.717, 1.165) is 0 Å². The molecule has 2 aromatic carbocycles. The summed E-state index contributed by atoms with van der Waals surface area (Å²) in [4.78, 5) is 26.9. The Kier molecular flexibility index (Phi) is 7.38. The van der Waals surface area contributed by atoms with E-state index in [1.54, 1.807) is 13.8 Å². The van der Waals surface area contributed by atoms with Crippen LogP contribution in [0.15, 0.2) is 18.2 Å². The fraction of sp³-hybridized carbons (Fsp3) is 0.500. The fourth-order valence-electron chi connectivity index (χ4n) is 6.07. The first-order chi connectivity index (χ1) is 18.9. The van der Waals surface area contributed by atoms with E-state index < -0.39 is 82.3 Å². The van der Waals surface area contributed by atoms with Crippen molar-refractivity contribution in [2.45, 2.75) is 75.5 Å². The van der Waals surface area contributed by atoms with Gasteiger partial charge in [-0.25, -0.2) is 0 Å². The molecule has 216 valence electrons. The number of aliphatic hydroxyl groups excluding tert-OH is 3. The Morgan fingerprint density at radius 2 is 1.73 bits per heavy atom. The van der Waals surface area contributed by atoms with Crippen molar-refractivity contribution in [2.75, 3.05) is 13.2 Å². The summed E-state index contributed by atoms with van der Waals surface area (Å²) in [5.74, 6) is -3.73. The van der Waals surface area contributed by atoms with E-state index in [1.165, 1.54) is 18.2 Å². The molecule has 1 aliphatic heterocycles. The van der Waals surface area contributed by atoms with Crippen LogP contribution in [0.25, 0.3) is 0 Å². The van der Waals surface area contributed by atoms with Crippen molar-refractivity contribution in [3.05, 3.63) is 51.6 Å². The topological polar surface area (TPSA) is 206 Å². The molecule has 12 heteroatoms. The lowest BCUT2D eigenvalue weighted by atomic mass is 9.70. The van der Waals surface area contributed by atoms with Crippen molar-refractivity contribution < 1.29 is 54.8 Å². The molecule has 7 atom stereocenters. The molecule has 0 radical (unpaired) electrons. The normalized spacial score (nSPS) is 31.4. The summed E-state index contributed by atoms with van der Waals surface area (Å²) in [5.41, 5.74) is -3.98. The summed E-state index contributed by atoms with van der Waals surface area (Å²) in [5, 5.41) is 78.4. The molecule has 1 saturated heterocycles. The number of hydrogen-bond donors (Lipinski definition) is 8. The van der Waals surface area contributed by atoms with E-state index in [2.05, 4.69) is 5.32 Å². The highest BCUT2D eigenvalue weighted by molar-refractivity contribution is 6.31. The van der Waals surface area contributed by atoms with Crippen molar-refractivity contribution in [1.29, 1.82) is 0 Å². The molecule has 1 unspecified atom stereocenters. The summed E-state index contributed by atoms with van der Waals surface area (Å²) in [6.45, 7) is 3.28. The van der Waals surface area contributed by atoms with Crippen LogP contribution in [0.5, 0.6) is 17.2 Å². The second-order valence-corrected chi connectivity index (χ2v) is 10.6. The number of nitrogens with one attached hydrogen (secondary N) is 1. The molecule has 3 aliphatic rings. The maximum absolute atomic E-state index is 13.5. The molecule has 12 nitrogen and oxygen atoms in total. The van der Waals surface area contributed by atoms with Gasteiger partial charge in [0.15, 0.2) is 12.1 Å². The summed E-state index contributed by atoms with van der Waals surface area (Å²) in [6.07, 6.45) is -5.72. The SMILES string of the molecule is CC[C@@]1(O)C[C@H](O[C@H]2C[C@H](NCCO)[C@H](O)[C@H](C)O2)c2c(O)c3c(c(O)c2C1O)C(=O)c1cccc(O)c1C3=O. The third-order valence-corrected chi connectivity index (χ3v) is 8.29. The highest BCUT2D eigenvalue weighted by atomic mass is 16.7. The molecule has 0 bridgehead atoms. The monoisotopic (exact) mass is 559 g/mol. The Morgan fingerprint density at radius 1 is 1.05 bits per heavy atom. The van der Waals surface area contributed by atoms with Gasteiger partial charge in [-0.3, -0.25) is 9.59 Å². The van der Waals surface area contributed by atoms with Crippen molar-refractivity contribution in [2.24, 2.45) is 0 Å². The molecule has 40 heavy (non-hydrogen) atoms. The van der Waals surface area contributed by atoms with Gasteiger partial charge in [0.2, 0.25) is 5.78 Å². The second kappa shape index (κ2) is 10.4. The summed E-state index contributed by atoms with van der Waals surface area (Å²) in [7, 11) is 0. The van der Waals surface area contributed by atoms with E-state index in [1.807, 2.05) is 0 Å². The molecule has 5 rings (SSSR count). The molecule has 1 heterocycles. The summed E-state index contributed by atoms with van der Waals surface area (Å²) >= 11 is 0. The van der Waals surface area contributed by atoms with Gasteiger partial charge in [0.25, 0.3) is 0 Å². The Bertz CT molecular complexity index is 1360. The zero-order valence-electron chi connectivity index (χ0n) is 22.0. The Morgan fingerprint density at radius 3 is 2.40 bits per heavy atom. The van der Waals surface area contributed by atoms with Crippen molar-refractivity contribution in [3.63, 3.8) is 0 Å². The first-order valence-corrected chi connectivity index (χ1v) is 13.2. The number of ether oxygens (including phenoxy) is 2. The lowest BCUT2D eigenvalue weighted by molar-refractivity contribution is -0.255. The number of carbonyl (C=O) groups excluding carboxylic acids is 2. The molecule has 0 aromatic heterocycles. The number of fused-ring (bicyclic) bond motifs is 3. The quantitative estimate of drug-likeness (QED) is 0.196. The van der Waals surface area contributed by atoms with Crippen molar-refractivity contribution in [1.82, 2.24) is 5.32 Å². The second-order valence-electron chi connectivity index (χ2n) is 10.6. The number of ketones is 2. The van der Waals surface area contributed by atoms with Crippen molar-refractivity contribution in [3.8, 4) is 17.2 Å². The van der Waals surface area contributed by atoms with Gasteiger partial charge in [-0.1, -0.05) is 19.1 Å². The summed E-state index contributed by atoms with van der Waals surface area (Å²) in [6, 6.07) is 3.36. The van der Waals surface area contributed by atoms with Crippen LogP contribution in [-0.2, 0) is 9.47 Å². The molecule has 1 fully saturated rings. The number of rotatable bonds is 6. The van der Waals surface area contributed by atoms with E-state index in [9.17, 15) is 45.3 Å². The molecule has 0 spiro atoms. The van der Waals surface area contributed by atoms with Crippen LogP contribution >= 0.6 is 0 Å². The molecule has 0 amide bonds. The Hall–Kier alpha value is -3.10. The number of aliphatic hydroxyl groups is 4. The lowest BCUT2D eigenvalue weighted by Gasteiger charge is -2.45. The number of phenols is 3. The lowest BCUT2D eigenvalue weighted by Crippen LogP contribution is -2.54. The molecular weight excluding hydrogens is 526 g/mol. The molecule has 2 aliphatic carbocycles. The van der Waals surface area contributed by atoms with E-state index in [-0.39, 0.29) is 54.7 Å². The average Bonchev–Trinajstić information content (AvgIpc) is 2.92. The fourth-order valence-corrected chi connectivity index (χ4v) is 6.07. The van der Waals surface area contributed by atoms with Gasteiger partial charge in [0.1, 0.15) is 23.4 Å². The minimum absolute atomic E-state index is 0.00958. The zero-order chi connectivity index (χ0) is 29.1. The van der Waals surface area contributed by atoms with Gasteiger partial charge in [0, 0.05) is 42.1 Å². The van der Waals surface area contributed by atoms with E-state index in [4.69, 9.17) is 9.47 Å². The third kappa shape index (κ3) is 4.27. The Balaban J connectivity index is 1.63. The maximum Gasteiger partial charge on any atom is 0.202 e. The largest absolute Gasteiger partial charge is 0.507 e.